The number of carbonyl (C=O) groups is 3. The average molecular weight is 276 g/mol. The van der Waals surface area contributed by atoms with Crippen molar-refractivity contribution in [3.8, 4) is 0 Å². The second kappa shape index (κ2) is 9.34. The number of amides is 2. The van der Waals surface area contributed by atoms with Crippen LogP contribution in [0.1, 0.15) is 0 Å². The van der Waals surface area contributed by atoms with Crippen LogP contribution in [0.25, 0.3) is 0 Å². The van der Waals surface area contributed by atoms with Crippen LogP contribution in [-0.4, -0.2) is 64.2 Å². The van der Waals surface area contributed by atoms with Gasteiger partial charge >= 0.3 is 18.0 Å². The normalized spacial score (nSPS) is 9.56. The highest BCUT2D eigenvalue weighted by atomic mass is 32.2. The van der Waals surface area contributed by atoms with Gasteiger partial charge in [-0.2, -0.15) is 11.8 Å². The Labute approximate surface area is 109 Å². The Morgan fingerprint density at radius 3 is 2.22 bits per heavy atom. The highest BCUT2D eigenvalue weighted by Crippen LogP contribution is 1.97. The minimum atomic E-state index is -1.26. The number of nitrogens with one attached hydrogen (secondary N) is 1. The highest BCUT2D eigenvalue weighted by Gasteiger charge is 2.18. The summed E-state index contributed by atoms with van der Waals surface area (Å²) in [5.41, 5.74) is 0. The van der Waals surface area contributed by atoms with Crippen molar-refractivity contribution in [3.63, 3.8) is 0 Å². The van der Waals surface area contributed by atoms with E-state index < -0.39 is 31.1 Å². The molecule has 0 spiro atoms. The standard InChI is InChI=1S/C10H16N2O5S/c1-2-4-18-5-3-11-10(17)12(6-8(13)14)7-9(15)16/h2H,1,3-7H2,(H,11,17)(H,13,14)(H,15,16). The van der Waals surface area contributed by atoms with E-state index in [0.29, 0.717) is 12.3 Å². The minimum Gasteiger partial charge on any atom is -0.480 e. The third kappa shape index (κ3) is 8.45. The van der Waals surface area contributed by atoms with E-state index in [0.717, 1.165) is 10.7 Å². The lowest BCUT2D eigenvalue weighted by atomic mass is 10.5. The number of hydrogen-bond acceptors (Lipinski definition) is 4. The summed E-state index contributed by atoms with van der Waals surface area (Å²) in [4.78, 5) is 33.2. The monoisotopic (exact) mass is 276 g/mol. The van der Waals surface area contributed by atoms with Crippen molar-refractivity contribution in [2.75, 3.05) is 31.1 Å². The van der Waals surface area contributed by atoms with Crippen molar-refractivity contribution in [2.24, 2.45) is 0 Å². The lowest BCUT2D eigenvalue weighted by Gasteiger charge is -2.18. The molecule has 0 rings (SSSR count). The van der Waals surface area contributed by atoms with E-state index in [1.807, 2.05) is 0 Å². The molecule has 0 unspecified atom stereocenters. The van der Waals surface area contributed by atoms with Gasteiger partial charge in [-0.15, -0.1) is 6.58 Å². The second-order valence-corrected chi connectivity index (χ2v) is 4.39. The van der Waals surface area contributed by atoms with E-state index in [1.54, 1.807) is 17.8 Å². The van der Waals surface area contributed by atoms with Gasteiger partial charge in [0.2, 0.25) is 0 Å². The van der Waals surface area contributed by atoms with Crippen molar-refractivity contribution in [3.05, 3.63) is 12.7 Å². The second-order valence-electron chi connectivity index (χ2n) is 3.24. The Morgan fingerprint density at radius 1 is 1.22 bits per heavy atom. The van der Waals surface area contributed by atoms with E-state index in [-0.39, 0.29) is 0 Å². The summed E-state index contributed by atoms with van der Waals surface area (Å²) in [5, 5.41) is 19.6. The molecule has 0 radical (unpaired) electrons. The minimum absolute atomic E-state index is 0.340. The molecule has 0 aromatic heterocycles. The molecule has 0 bridgehead atoms. The van der Waals surface area contributed by atoms with Crippen molar-refractivity contribution in [1.82, 2.24) is 10.2 Å². The maximum atomic E-state index is 11.5. The Morgan fingerprint density at radius 2 is 1.78 bits per heavy atom. The zero-order valence-electron chi connectivity index (χ0n) is 9.79. The summed E-state index contributed by atoms with van der Waals surface area (Å²) in [5.74, 6) is -1.12. The SMILES string of the molecule is C=CCSCCNC(=O)N(CC(=O)O)CC(=O)O. The summed E-state index contributed by atoms with van der Waals surface area (Å²) >= 11 is 1.55. The number of thioether (sulfide) groups is 1. The molecule has 0 aromatic carbocycles. The molecule has 18 heavy (non-hydrogen) atoms. The Hall–Kier alpha value is -1.70. The molecular weight excluding hydrogens is 260 g/mol. The highest BCUT2D eigenvalue weighted by molar-refractivity contribution is 7.99. The first-order valence-corrected chi connectivity index (χ1v) is 6.27. The number of urea groups is 1. The largest absolute Gasteiger partial charge is 0.480 e. The summed E-state index contributed by atoms with van der Waals surface area (Å²) in [7, 11) is 0. The van der Waals surface area contributed by atoms with Crippen LogP contribution in [0.15, 0.2) is 12.7 Å². The van der Waals surface area contributed by atoms with E-state index in [4.69, 9.17) is 10.2 Å². The van der Waals surface area contributed by atoms with Crippen LogP contribution in [0.5, 0.6) is 0 Å². The van der Waals surface area contributed by atoms with Crippen molar-refractivity contribution < 1.29 is 24.6 Å². The van der Waals surface area contributed by atoms with Crippen LogP contribution >= 0.6 is 11.8 Å². The lowest BCUT2D eigenvalue weighted by Crippen LogP contribution is -2.45. The number of carbonyl (C=O) groups excluding carboxylic acids is 1. The number of aliphatic carboxylic acids is 2. The van der Waals surface area contributed by atoms with E-state index >= 15 is 0 Å². The molecule has 0 aromatic rings. The molecular formula is C10H16N2O5S. The first kappa shape index (κ1) is 16.3. The summed E-state index contributed by atoms with van der Waals surface area (Å²) in [6.45, 7) is 2.60. The number of hydrogen-bond donors (Lipinski definition) is 3. The number of carboxylic acids is 2. The summed E-state index contributed by atoms with van der Waals surface area (Å²) in [6, 6.07) is -0.695. The van der Waals surface area contributed by atoms with Gasteiger partial charge in [-0.25, -0.2) is 4.79 Å². The predicted molar refractivity (Wildman–Crippen MR) is 67.8 cm³/mol. The third-order valence-corrected chi connectivity index (χ3v) is 2.66. The van der Waals surface area contributed by atoms with Gasteiger partial charge in [0.15, 0.2) is 0 Å². The van der Waals surface area contributed by atoms with Gasteiger partial charge in [0.25, 0.3) is 0 Å². The van der Waals surface area contributed by atoms with Gasteiger partial charge in [-0.05, 0) is 0 Å². The maximum Gasteiger partial charge on any atom is 0.323 e. The van der Waals surface area contributed by atoms with Gasteiger partial charge in [0.05, 0.1) is 0 Å². The lowest BCUT2D eigenvalue weighted by molar-refractivity contribution is -0.140. The van der Waals surface area contributed by atoms with Crippen molar-refractivity contribution in [1.29, 1.82) is 0 Å². The third-order valence-electron chi connectivity index (χ3n) is 1.70. The quantitative estimate of drug-likeness (QED) is 0.407. The zero-order chi connectivity index (χ0) is 14.0. The molecule has 3 N–H and O–H groups in total. The van der Waals surface area contributed by atoms with Crippen LogP contribution in [0.3, 0.4) is 0 Å². The number of rotatable bonds is 9. The van der Waals surface area contributed by atoms with Crippen molar-refractivity contribution >= 4 is 29.7 Å². The molecule has 7 nitrogen and oxygen atoms in total. The summed E-state index contributed by atoms with van der Waals surface area (Å²) < 4.78 is 0. The van der Waals surface area contributed by atoms with Crippen LogP contribution in [0.4, 0.5) is 4.79 Å². The number of nitrogens with zero attached hydrogens (tertiary/aromatic N) is 1. The van der Waals surface area contributed by atoms with Gasteiger partial charge < -0.3 is 20.4 Å². The average Bonchev–Trinajstić information content (AvgIpc) is 2.26. The van der Waals surface area contributed by atoms with E-state index in [2.05, 4.69) is 11.9 Å². The topological polar surface area (TPSA) is 107 Å². The first-order valence-electron chi connectivity index (χ1n) is 5.12. The van der Waals surface area contributed by atoms with Crippen LogP contribution < -0.4 is 5.32 Å². The smallest absolute Gasteiger partial charge is 0.323 e. The first-order chi connectivity index (χ1) is 8.47. The Kier molecular flexibility index (Phi) is 8.46. The van der Waals surface area contributed by atoms with Gasteiger partial charge in [-0.1, -0.05) is 6.08 Å². The molecule has 0 aliphatic carbocycles. The molecule has 0 saturated heterocycles. The fraction of sp³-hybridized carbons (Fsp3) is 0.500. The number of carboxylic acid groups (broad SMARTS) is 2. The van der Waals surface area contributed by atoms with E-state index in [1.165, 1.54) is 0 Å². The molecule has 102 valence electrons. The van der Waals surface area contributed by atoms with Crippen molar-refractivity contribution in [2.45, 2.75) is 0 Å². The van der Waals surface area contributed by atoms with Crippen LogP contribution in [-0.2, 0) is 9.59 Å². The molecule has 2 amide bonds. The predicted octanol–water partition coefficient (Wildman–Crippen LogP) is 0.0864. The van der Waals surface area contributed by atoms with Crippen LogP contribution in [0, 0.1) is 0 Å². The molecule has 0 heterocycles. The van der Waals surface area contributed by atoms with Gasteiger partial charge in [-0.3, -0.25) is 9.59 Å². The Balaban J connectivity index is 4.08. The van der Waals surface area contributed by atoms with Gasteiger partial charge in [0.1, 0.15) is 13.1 Å². The maximum absolute atomic E-state index is 11.5. The molecule has 0 atom stereocenters. The molecule has 0 aliphatic rings. The molecule has 0 saturated carbocycles. The Bertz CT molecular complexity index is 305. The molecule has 0 aliphatic heterocycles. The van der Waals surface area contributed by atoms with Gasteiger partial charge in [0, 0.05) is 18.1 Å². The molecule has 0 fully saturated rings. The zero-order valence-corrected chi connectivity index (χ0v) is 10.6. The summed E-state index contributed by atoms with van der Waals surface area (Å²) in [6.07, 6.45) is 1.73. The molecule has 8 heteroatoms. The van der Waals surface area contributed by atoms with Crippen LogP contribution in [0.2, 0.25) is 0 Å². The van der Waals surface area contributed by atoms with E-state index in [9.17, 15) is 14.4 Å². The fourth-order valence-electron chi connectivity index (χ4n) is 1.03. The fourth-order valence-corrected chi connectivity index (χ4v) is 1.61.